The molecule has 32 heavy (non-hydrogen) atoms. The maximum atomic E-state index is 11.9. The van der Waals surface area contributed by atoms with Gasteiger partial charge in [0.05, 0.1) is 37.5 Å². The van der Waals surface area contributed by atoms with Crippen molar-refractivity contribution < 1.29 is 19.4 Å². The van der Waals surface area contributed by atoms with Crippen molar-refractivity contribution in [1.29, 1.82) is 0 Å². The van der Waals surface area contributed by atoms with Crippen molar-refractivity contribution in [2.24, 2.45) is 0 Å². The van der Waals surface area contributed by atoms with Gasteiger partial charge in [0, 0.05) is 55.4 Å². The molecular formula is C25H29N3O4. The summed E-state index contributed by atoms with van der Waals surface area (Å²) < 4.78 is 13.1. The Labute approximate surface area is 187 Å². The van der Waals surface area contributed by atoms with Crippen LogP contribution in [0.15, 0.2) is 48.7 Å². The summed E-state index contributed by atoms with van der Waals surface area (Å²) in [6, 6.07) is 14.3. The molecule has 7 nitrogen and oxygen atoms in total. The third kappa shape index (κ3) is 3.99. The van der Waals surface area contributed by atoms with E-state index in [0.717, 1.165) is 61.7 Å². The Hall–Kier alpha value is -2.87. The molecule has 2 aromatic heterocycles. The number of aromatic nitrogens is 1. The molecule has 1 aromatic carbocycles. The molecule has 2 saturated heterocycles. The number of benzene rings is 1. The minimum Gasteiger partial charge on any atom is -0.478 e. The fraction of sp³-hybridized carbons (Fsp3) is 0.400. The van der Waals surface area contributed by atoms with E-state index in [9.17, 15) is 9.90 Å². The Morgan fingerprint density at radius 2 is 1.59 bits per heavy atom. The summed E-state index contributed by atoms with van der Waals surface area (Å²) in [4.78, 5) is 16.6. The van der Waals surface area contributed by atoms with Gasteiger partial charge in [-0.1, -0.05) is 12.1 Å². The molecule has 0 amide bonds. The predicted octanol–water partition coefficient (Wildman–Crippen LogP) is 3.53. The lowest BCUT2D eigenvalue weighted by atomic mass is 10.0. The molecule has 168 valence electrons. The highest BCUT2D eigenvalue weighted by atomic mass is 16.5. The van der Waals surface area contributed by atoms with E-state index < -0.39 is 5.97 Å². The summed E-state index contributed by atoms with van der Waals surface area (Å²) in [7, 11) is 0. The molecule has 4 heterocycles. The predicted molar refractivity (Wildman–Crippen MR) is 124 cm³/mol. The zero-order chi connectivity index (χ0) is 22.1. The summed E-state index contributed by atoms with van der Waals surface area (Å²) in [5, 5.41) is 9.78. The van der Waals surface area contributed by atoms with E-state index in [1.54, 1.807) is 12.1 Å². The minimum atomic E-state index is -0.905. The molecule has 1 atom stereocenters. The minimum absolute atomic E-state index is 0.0876. The first-order chi connectivity index (χ1) is 15.6. The van der Waals surface area contributed by atoms with E-state index >= 15 is 0 Å². The fourth-order valence-electron chi connectivity index (χ4n) is 4.75. The van der Waals surface area contributed by atoms with Crippen LogP contribution in [0.3, 0.4) is 0 Å². The number of carboxylic acid groups (broad SMARTS) is 1. The van der Waals surface area contributed by atoms with Gasteiger partial charge in [0.2, 0.25) is 0 Å². The van der Waals surface area contributed by atoms with Crippen molar-refractivity contribution in [3.05, 3.63) is 59.9 Å². The first-order valence-electron chi connectivity index (χ1n) is 11.2. The highest BCUT2D eigenvalue weighted by molar-refractivity contribution is 5.92. The highest BCUT2D eigenvalue weighted by Crippen LogP contribution is 2.32. The number of morpholine rings is 2. The van der Waals surface area contributed by atoms with Crippen molar-refractivity contribution in [3.63, 3.8) is 0 Å². The molecule has 5 rings (SSSR count). The molecule has 2 fully saturated rings. The third-order valence-electron chi connectivity index (χ3n) is 6.62. The second-order valence-corrected chi connectivity index (χ2v) is 8.43. The highest BCUT2D eigenvalue weighted by Gasteiger charge is 2.23. The SMILES string of the molecule is CC(c1cc(C(=O)O)cc2c(-c3ccc(N4CCOCC4)cc3)ccn12)N1CCOCC1. The Morgan fingerprint density at radius 3 is 2.25 bits per heavy atom. The van der Waals surface area contributed by atoms with Gasteiger partial charge in [-0.25, -0.2) is 4.79 Å². The molecule has 0 spiro atoms. The van der Waals surface area contributed by atoms with Crippen LogP contribution in [0.4, 0.5) is 5.69 Å². The number of aromatic carboxylic acids is 1. The van der Waals surface area contributed by atoms with E-state index in [-0.39, 0.29) is 6.04 Å². The average molecular weight is 436 g/mol. The number of carboxylic acids is 1. The Morgan fingerprint density at radius 1 is 0.938 bits per heavy atom. The lowest BCUT2D eigenvalue weighted by Gasteiger charge is -2.33. The molecule has 2 aliphatic rings. The van der Waals surface area contributed by atoms with Gasteiger partial charge in [0.25, 0.3) is 0 Å². The van der Waals surface area contributed by atoms with Crippen LogP contribution < -0.4 is 4.90 Å². The maximum absolute atomic E-state index is 11.9. The van der Waals surface area contributed by atoms with Crippen LogP contribution in [-0.4, -0.2) is 73.0 Å². The molecule has 0 aliphatic carbocycles. The molecule has 3 aromatic rings. The summed E-state index contributed by atoms with van der Waals surface area (Å²) in [5.74, 6) is -0.905. The number of nitrogens with zero attached hydrogens (tertiary/aromatic N) is 3. The summed E-state index contributed by atoms with van der Waals surface area (Å²) in [6.07, 6.45) is 2.05. The van der Waals surface area contributed by atoms with Crippen LogP contribution in [0, 0.1) is 0 Å². The molecule has 0 radical (unpaired) electrons. The number of anilines is 1. The third-order valence-corrected chi connectivity index (χ3v) is 6.62. The number of rotatable bonds is 5. The van der Waals surface area contributed by atoms with Gasteiger partial charge in [-0.2, -0.15) is 0 Å². The van der Waals surface area contributed by atoms with Gasteiger partial charge in [-0.05, 0) is 42.8 Å². The van der Waals surface area contributed by atoms with E-state index in [1.807, 2.05) is 0 Å². The molecular weight excluding hydrogens is 406 g/mol. The van der Waals surface area contributed by atoms with Crippen molar-refractivity contribution >= 4 is 17.2 Å². The summed E-state index contributed by atoms with van der Waals surface area (Å²) >= 11 is 0. The van der Waals surface area contributed by atoms with Crippen molar-refractivity contribution in [1.82, 2.24) is 9.30 Å². The van der Waals surface area contributed by atoms with Gasteiger partial charge < -0.3 is 23.9 Å². The smallest absolute Gasteiger partial charge is 0.335 e. The van der Waals surface area contributed by atoms with Crippen LogP contribution in [0.25, 0.3) is 16.6 Å². The van der Waals surface area contributed by atoms with Gasteiger partial charge in [0.1, 0.15) is 0 Å². The number of hydrogen-bond acceptors (Lipinski definition) is 5. The zero-order valence-electron chi connectivity index (χ0n) is 18.4. The Bertz CT molecular complexity index is 1100. The van der Waals surface area contributed by atoms with E-state index in [2.05, 4.69) is 57.7 Å². The molecule has 7 heteroatoms. The Kier molecular flexibility index (Phi) is 5.87. The lowest BCUT2D eigenvalue weighted by Crippen LogP contribution is -2.38. The number of fused-ring (bicyclic) bond motifs is 1. The summed E-state index contributed by atoms with van der Waals surface area (Å²) in [6.45, 7) is 8.56. The van der Waals surface area contributed by atoms with Gasteiger partial charge in [-0.15, -0.1) is 0 Å². The number of ether oxygens (including phenoxy) is 2. The van der Waals surface area contributed by atoms with Gasteiger partial charge >= 0.3 is 5.97 Å². The lowest BCUT2D eigenvalue weighted by molar-refractivity contribution is 0.0188. The number of pyridine rings is 1. The quantitative estimate of drug-likeness (QED) is 0.661. The monoisotopic (exact) mass is 435 g/mol. The summed E-state index contributed by atoms with van der Waals surface area (Å²) in [5.41, 5.74) is 5.53. The molecule has 1 N–H and O–H groups in total. The van der Waals surface area contributed by atoms with Gasteiger partial charge in [0.15, 0.2) is 0 Å². The second-order valence-electron chi connectivity index (χ2n) is 8.43. The van der Waals surface area contributed by atoms with E-state index in [1.165, 1.54) is 5.69 Å². The average Bonchev–Trinajstić information content (AvgIpc) is 3.28. The van der Waals surface area contributed by atoms with Crippen LogP contribution in [0.2, 0.25) is 0 Å². The molecule has 2 aliphatic heterocycles. The number of hydrogen-bond donors (Lipinski definition) is 1. The number of carbonyl (C=O) groups is 1. The van der Waals surface area contributed by atoms with Crippen molar-refractivity contribution in [3.8, 4) is 11.1 Å². The van der Waals surface area contributed by atoms with Crippen molar-refractivity contribution in [2.75, 3.05) is 57.5 Å². The molecule has 1 unspecified atom stereocenters. The fourth-order valence-corrected chi connectivity index (χ4v) is 4.75. The first-order valence-corrected chi connectivity index (χ1v) is 11.2. The zero-order valence-corrected chi connectivity index (χ0v) is 18.4. The standard InChI is InChI=1S/C25H29N3O4/c1-18(26-8-12-31-13-9-26)23-16-20(25(29)30)17-24-22(6-7-28(23)24)19-2-4-21(5-3-19)27-10-14-32-15-11-27/h2-7,16-18H,8-15H2,1H3,(H,29,30). The van der Waals surface area contributed by atoms with Crippen molar-refractivity contribution in [2.45, 2.75) is 13.0 Å². The first kappa shape index (κ1) is 21.0. The van der Waals surface area contributed by atoms with Crippen LogP contribution in [0.5, 0.6) is 0 Å². The normalized spacial score (nSPS) is 18.7. The Balaban J connectivity index is 1.53. The largest absolute Gasteiger partial charge is 0.478 e. The van der Waals surface area contributed by atoms with E-state index in [0.29, 0.717) is 18.8 Å². The van der Waals surface area contributed by atoms with Crippen LogP contribution >= 0.6 is 0 Å². The second kappa shape index (κ2) is 8.94. The van der Waals surface area contributed by atoms with Crippen LogP contribution in [0.1, 0.15) is 29.0 Å². The van der Waals surface area contributed by atoms with Crippen LogP contribution in [-0.2, 0) is 9.47 Å². The van der Waals surface area contributed by atoms with E-state index in [4.69, 9.17) is 9.47 Å². The maximum Gasteiger partial charge on any atom is 0.335 e. The molecule has 0 saturated carbocycles. The topological polar surface area (TPSA) is 66.6 Å². The molecule has 0 bridgehead atoms. The van der Waals surface area contributed by atoms with Gasteiger partial charge in [-0.3, -0.25) is 4.90 Å².